The number of hydrogen-bond donors (Lipinski definition) is 0. The zero-order valence-electron chi connectivity index (χ0n) is 8.30. The van der Waals surface area contributed by atoms with E-state index in [4.69, 9.17) is 16.3 Å². The van der Waals surface area contributed by atoms with Gasteiger partial charge in [0.05, 0.1) is 5.60 Å². The van der Waals surface area contributed by atoms with Gasteiger partial charge in [-0.1, -0.05) is 0 Å². The Morgan fingerprint density at radius 1 is 1.43 bits per heavy atom. The van der Waals surface area contributed by atoms with Crippen LogP contribution in [0.25, 0.3) is 0 Å². The molecule has 0 N–H and O–H groups in total. The second kappa shape index (κ2) is 4.07. The SMILES string of the molecule is O=C(CCl)N1CCC2(CCCCO2)C1. The summed E-state index contributed by atoms with van der Waals surface area (Å²) in [6.45, 7) is 2.41. The van der Waals surface area contributed by atoms with Gasteiger partial charge in [-0.2, -0.15) is 0 Å². The van der Waals surface area contributed by atoms with Gasteiger partial charge in [-0.25, -0.2) is 0 Å². The van der Waals surface area contributed by atoms with Gasteiger partial charge in [0.2, 0.25) is 5.91 Å². The Balaban J connectivity index is 1.95. The Morgan fingerprint density at radius 2 is 2.29 bits per heavy atom. The molecular weight excluding hydrogens is 202 g/mol. The van der Waals surface area contributed by atoms with Crippen LogP contribution in [0.15, 0.2) is 0 Å². The molecular formula is C10H16ClNO2. The third-order valence-corrected chi connectivity index (χ3v) is 3.45. The zero-order valence-corrected chi connectivity index (χ0v) is 9.05. The van der Waals surface area contributed by atoms with Gasteiger partial charge in [-0.3, -0.25) is 4.79 Å². The average Bonchev–Trinajstić information content (AvgIpc) is 2.62. The van der Waals surface area contributed by atoms with Crippen molar-refractivity contribution >= 4 is 17.5 Å². The highest BCUT2D eigenvalue weighted by atomic mass is 35.5. The molecule has 0 aliphatic carbocycles. The molecule has 14 heavy (non-hydrogen) atoms. The molecule has 80 valence electrons. The van der Waals surface area contributed by atoms with Crippen molar-refractivity contribution in [3.8, 4) is 0 Å². The molecule has 0 radical (unpaired) electrons. The molecule has 2 aliphatic rings. The lowest BCUT2D eigenvalue weighted by atomic mass is 9.93. The van der Waals surface area contributed by atoms with Crippen LogP contribution in [0.1, 0.15) is 25.7 Å². The highest BCUT2D eigenvalue weighted by Gasteiger charge is 2.41. The maximum absolute atomic E-state index is 11.4. The molecule has 0 saturated carbocycles. The number of carbonyl (C=O) groups excluding carboxylic acids is 1. The number of nitrogens with zero attached hydrogens (tertiary/aromatic N) is 1. The van der Waals surface area contributed by atoms with Crippen LogP contribution in [-0.2, 0) is 9.53 Å². The van der Waals surface area contributed by atoms with Gasteiger partial charge in [-0.05, 0) is 25.7 Å². The standard InChI is InChI=1S/C10H16ClNO2/c11-7-9(13)12-5-4-10(8-12)3-1-2-6-14-10/h1-8H2. The first-order valence-corrected chi connectivity index (χ1v) is 5.77. The summed E-state index contributed by atoms with van der Waals surface area (Å²) in [4.78, 5) is 13.2. The number of hydrogen-bond acceptors (Lipinski definition) is 2. The molecule has 1 spiro atoms. The third-order valence-electron chi connectivity index (χ3n) is 3.22. The summed E-state index contributed by atoms with van der Waals surface area (Å²) in [7, 11) is 0. The van der Waals surface area contributed by atoms with Gasteiger partial charge >= 0.3 is 0 Å². The average molecular weight is 218 g/mol. The van der Waals surface area contributed by atoms with Gasteiger partial charge in [-0.15, -0.1) is 11.6 Å². The van der Waals surface area contributed by atoms with Gasteiger partial charge < -0.3 is 9.64 Å². The van der Waals surface area contributed by atoms with E-state index in [2.05, 4.69) is 0 Å². The fourth-order valence-corrected chi connectivity index (χ4v) is 2.54. The number of likely N-dealkylation sites (tertiary alicyclic amines) is 1. The van der Waals surface area contributed by atoms with Crippen LogP contribution in [0.5, 0.6) is 0 Å². The van der Waals surface area contributed by atoms with Crippen molar-refractivity contribution in [2.45, 2.75) is 31.3 Å². The molecule has 4 heteroatoms. The summed E-state index contributed by atoms with van der Waals surface area (Å²) < 4.78 is 5.81. The van der Waals surface area contributed by atoms with Crippen LogP contribution in [0.3, 0.4) is 0 Å². The fraction of sp³-hybridized carbons (Fsp3) is 0.900. The van der Waals surface area contributed by atoms with Crippen molar-refractivity contribution < 1.29 is 9.53 Å². The lowest BCUT2D eigenvalue weighted by Gasteiger charge is -2.33. The molecule has 0 bridgehead atoms. The van der Waals surface area contributed by atoms with Crippen molar-refractivity contribution in [1.29, 1.82) is 0 Å². The molecule has 1 atom stereocenters. The van der Waals surface area contributed by atoms with E-state index in [0.29, 0.717) is 0 Å². The zero-order chi connectivity index (χ0) is 10.0. The Hall–Kier alpha value is -0.280. The number of ether oxygens (including phenoxy) is 1. The van der Waals surface area contributed by atoms with E-state index in [0.717, 1.165) is 39.0 Å². The van der Waals surface area contributed by atoms with Gasteiger partial charge in [0.15, 0.2) is 0 Å². The molecule has 3 nitrogen and oxygen atoms in total. The highest BCUT2D eigenvalue weighted by Crippen LogP contribution is 2.33. The summed E-state index contributed by atoms with van der Waals surface area (Å²) in [6, 6.07) is 0. The maximum atomic E-state index is 11.4. The Bertz CT molecular complexity index is 226. The predicted molar refractivity (Wildman–Crippen MR) is 54.5 cm³/mol. The molecule has 0 aromatic heterocycles. The van der Waals surface area contributed by atoms with Crippen molar-refractivity contribution in [3.63, 3.8) is 0 Å². The minimum atomic E-state index is -0.0278. The van der Waals surface area contributed by atoms with E-state index >= 15 is 0 Å². The molecule has 2 rings (SSSR count). The quantitative estimate of drug-likeness (QED) is 0.622. The highest BCUT2D eigenvalue weighted by molar-refractivity contribution is 6.27. The van der Waals surface area contributed by atoms with E-state index in [1.807, 2.05) is 4.90 Å². The third kappa shape index (κ3) is 1.89. The predicted octanol–water partition coefficient (Wildman–Crippen LogP) is 1.40. The van der Waals surface area contributed by atoms with Crippen LogP contribution in [0.4, 0.5) is 0 Å². The minimum absolute atomic E-state index is 0.0278. The maximum Gasteiger partial charge on any atom is 0.237 e. The van der Waals surface area contributed by atoms with Gasteiger partial charge in [0.25, 0.3) is 0 Å². The van der Waals surface area contributed by atoms with Crippen LogP contribution >= 0.6 is 11.6 Å². The first-order valence-electron chi connectivity index (χ1n) is 5.23. The Labute approximate surface area is 89.4 Å². The van der Waals surface area contributed by atoms with E-state index < -0.39 is 0 Å². The summed E-state index contributed by atoms with van der Waals surface area (Å²) >= 11 is 5.53. The number of rotatable bonds is 1. The number of alkyl halides is 1. The Morgan fingerprint density at radius 3 is 2.93 bits per heavy atom. The Kier molecular flexibility index (Phi) is 2.98. The van der Waals surface area contributed by atoms with Crippen molar-refractivity contribution in [3.05, 3.63) is 0 Å². The van der Waals surface area contributed by atoms with Gasteiger partial charge in [0.1, 0.15) is 5.88 Å². The molecule has 2 aliphatic heterocycles. The van der Waals surface area contributed by atoms with Crippen molar-refractivity contribution in [1.82, 2.24) is 4.90 Å². The number of carbonyl (C=O) groups is 1. The summed E-state index contributed by atoms with van der Waals surface area (Å²) in [5.74, 6) is 0.133. The van der Waals surface area contributed by atoms with E-state index in [1.54, 1.807) is 0 Å². The lowest BCUT2D eigenvalue weighted by Crippen LogP contribution is -2.41. The summed E-state index contributed by atoms with van der Waals surface area (Å²) in [5, 5.41) is 0. The van der Waals surface area contributed by atoms with E-state index in [9.17, 15) is 4.79 Å². The second-order valence-electron chi connectivity index (χ2n) is 4.19. The van der Waals surface area contributed by atoms with Crippen LogP contribution in [0.2, 0.25) is 0 Å². The van der Waals surface area contributed by atoms with Crippen LogP contribution in [-0.4, -0.2) is 42.0 Å². The topological polar surface area (TPSA) is 29.5 Å². The number of amides is 1. The molecule has 2 saturated heterocycles. The lowest BCUT2D eigenvalue weighted by molar-refractivity contribution is -0.130. The molecule has 0 aromatic rings. The molecule has 1 amide bonds. The molecule has 0 aromatic carbocycles. The van der Waals surface area contributed by atoms with E-state index in [-0.39, 0.29) is 17.4 Å². The minimum Gasteiger partial charge on any atom is -0.373 e. The van der Waals surface area contributed by atoms with Crippen molar-refractivity contribution in [2.75, 3.05) is 25.6 Å². The van der Waals surface area contributed by atoms with Crippen LogP contribution < -0.4 is 0 Å². The van der Waals surface area contributed by atoms with Gasteiger partial charge in [0, 0.05) is 19.7 Å². The smallest absolute Gasteiger partial charge is 0.237 e. The second-order valence-corrected chi connectivity index (χ2v) is 4.45. The monoisotopic (exact) mass is 217 g/mol. The molecule has 2 heterocycles. The fourth-order valence-electron chi connectivity index (χ4n) is 2.37. The normalized spacial score (nSPS) is 32.5. The van der Waals surface area contributed by atoms with Crippen LogP contribution in [0, 0.1) is 0 Å². The molecule has 2 fully saturated rings. The van der Waals surface area contributed by atoms with Crippen molar-refractivity contribution in [2.24, 2.45) is 0 Å². The summed E-state index contributed by atoms with van der Waals surface area (Å²) in [6.07, 6.45) is 4.46. The first kappa shape index (κ1) is 10.2. The number of halogens is 1. The first-order chi connectivity index (χ1) is 6.76. The molecule has 1 unspecified atom stereocenters. The summed E-state index contributed by atoms with van der Waals surface area (Å²) in [5.41, 5.74) is -0.0278. The largest absolute Gasteiger partial charge is 0.373 e. The van der Waals surface area contributed by atoms with E-state index in [1.165, 1.54) is 6.42 Å².